The third-order valence-electron chi connectivity index (χ3n) is 3.29. The van der Waals surface area contributed by atoms with Crippen LogP contribution in [0.1, 0.15) is 12.7 Å². The number of sulfonamides is 1. The third-order valence-corrected chi connectivity index (χ3v) is 5.29. The van der Waals surface area contributed by atoms with Crippen molar-refractivity contribution in [3.63, 3.8) is 0 Å². The minimum Gasteiger partial charge on any atom is -0.325 e. The quantitative estimate of drug-likeness (QED) is 0.554. The summed E-state index contributed by atoms with van der Waals surface area (Å²) in [6.07, 6.45) is 1.73. The van der Waals surface area contributed by atoms with Crippen molar-refractivity contribution in [2.75, 3.05) is 5.32 Å². The number of carbonyl (C=O) groups excluding carboxylic acids is 1. The van der Waals surface area contributed by atoms with E-state index in [1.165, 1.54) is 30.0 Å². The van der Waals surface area contributed by atoms with E-state index in [-0.39, 0.29) is 10.8 Å². The van der Waals surface area contributed by atoms with Gasteiger partial charge in [-0.25, -0.2) is 13.6 Å². The van der Waals surface area contributed by atoms with Crippen LogP contribution in [0.5, 0.6) is 0 Å². The fraction of sp³-hybridized carbons (Fsp3) is 0.267. The predicted octanol–water partition coefficient (Wildman–Crippen LogP) is 1.54. The number of benzene rings is 1. The Kier molecular flexibility index (Phi) is 5.98. The standard InChI is InChI=1S/C15H19N5O3S2/c1-4-8-20-11(3)18-19-15(20)24-10(2)14(21)17-12-6-5-7-13(9-12)25(16,22)23/h4-7,9-10H,1,8H2,2-3H3,(H,17,21)(H2,16,22,23). The van der Waals surface area contributed by atoms with Gasteiger partial charge in [-0.05, 0) is 32.0 Å². The summed E-state index contributed by atoms with van der Waals surface area (Å²) in [5.74, 6) is 0.443. The first kappa shape index (κ1) is 19.2. The van der Waals surface area contributed by atoms with E-state index in [4.69, 9.17) is 5.14 Å². The smallest absolute Gasteiger partial charge is 0.238 e. The fourth-order valence-corrected chi connectivity index (χ4v) is 3.46. The Bertz CT molecular complexity index is 892. The maximum Gasteiger partial charge on any atom is 0.238 e. The lowest BCUT2D eigenvalue weighted by Crippen LogP contribution is -2.23. The second kappa shape index (κ2) is 7.81. The van der Waals surface area contributed by atoms with E-state index < -0.39 is 15.3 Å². The molecule has 8 nitrogen and oxygen atoms in total. The minimum absolute atomic E-state index is 0.0630. The van der Waals surface area contributed by atoms with Gasteiger partial charge in [0.05, 0.1) is 10.1 Å². The molecule has 10 heteroatoms. The molecule has 2 rings (SSSR count). The number of primary sulfonamides is 1. The van der Waals surface area contributed by atoms with Crippen LogP contribution in [0.3, 0.4) is 0 Å². The summed E-state index contributed by atoms with van der Waals surface area (Å²) in [6.45, 7) is 7.79. The van der Waals surface area contributed by atoms with Gasteiger partial charge in [-0.15, -0.1) is 16.8 Å². The van der Waals surface area contributed by atoms with Crippen molar-refractivity contribution >= 4 is 33.4 Å². The summed E-state index contributed by atoms with van der Waals surface area (Å²) in [5.41, 5.74) is 0.354. The first-order chi connectivity index (χ1) is 11.7. The highest BCUT2D eigenvalue weighted by atomic mass is 32.2. The van der Waals surface area contributed by atoms with Crippen LogP contribution in [0, 0.1) is 6.92 Å². The van der Waals surface area contributed by atoms with Crippen molar-refractivity contribution in [3.05, 3.63) is 42.7 Å². The Labute approximate surface area is 150 Å². The third kappa shape index (κ3) is 4.91. The molecule has 0 saturated carbocycles. The molecule has 0 aliphatic rings. The van der Waals surface area contributed by atoms with Crippen LogP contribution >= 0.6 is 11.8 Å². The SMILES string of the molecule is C=CCn1c(C)nnc1SC(C)C(=O)Nc1cccc(S(N)(=O)=O)c1. The molecule has 1 heterocycles. The topological polar surface area (TPSA) is 120 Å². The molecule has 0 aliphatic heterocycles. The minimum atomic E-state index is -3.83. The van der Waals surface area contributed by atoms with Crippen LogP contribution in [0.15, 0.2) is 47.0 Å². The van der Waals surface area contributed by atoms with Gasteiger partial charge in [0.25, 0.3) is 0 Å². The molecule has 1 unspecified atom stereocenters. The van der Waals surface area contributed by atoms with Crippen molar-refractivity contribution in [2.24, 2.45) is 5.14 Å². The predicted molar refractivity (Wildman–Crippen MR) is 96.7 cm³/mol. The van der Waals surface area contributed by atoms with E-state index in [9.17, 15) is 13.2 Å². The highest BCUT2D eigenvalue weighted by molar-refractivity contribution is 8.00. The molecule has 0 spiro atoms. The number of hydrogen-bond donors (Lipinski definition) is 2. The van der Waals surface area contributed by atoms with Gasteiger partial charge < -0.3 is 9.88 Å². The highest BCUT2D eigenvalue weighted by Crippen LogP contribution is 2.24. The molecule has 1 aromatic carbocycles. The van der Waals surface area contributed by atoms with Gasteiger partial charge in [0.15, 0.2) is 5.16 Å². The number of allylic oxidation sites excluding steroid dienone is 1. The fourth-order valence-electron chi connectivity index (χ4n) is 1.99. The van der Waals surface area contributed by atoms with Crippen LogP contribution in [-0.4, -0.2) is 34.3 Å². The number of aryl methyl sites for hydroxylation is 1. The number of nitrogens with zero attached hydrogens (tertiary/aromatic N) is 3. The van der Waals surface area contributed by atoms with Gasteiger partial charge in [0, 0.05) is 12.2 Å². The zero-order valence-corrected chi connectivity index (χ0v) is 15.5. The van der Waals surface area contributed by atoms with Gasteiger partial charge >= 0.3 is 0 Å². The lowest BCUT2D eigenvalue weighted by atomic mass is 10.3. The molecule has 25 heavy (non-hydrogen) atoms. The van der Waals surface area contributed by atoms with Crippen molar-refractivity contribution < 1.29 is 13.2 Å². The number of nitrogens with two attached hydrogens (primary N) is 1. The molecule has 1 aromatic heterocycles. The van der Waals surface area contributed by atoms with E-state index in [1.807, 2.05) is 11.5 Å². The van der Waals surface area contributed by atoms with Crippen molar-refractivity contribution in [1.82, 2.24) is 14.8 Å². The van der Waals surface area contributed by atoms with Crippen LogP contribution in [-0.2, 0) is 21.4 Å². The molecule has 1 atom stereocenters. The number of thioether (sulfide) groups is 1. The normalized spacial score (nSPS) is 12.6. The molecular weight excluding hydrogens is 362 g/mol. The van der Waals surface area contributed by atoms with E-state index in [0.29, 0.717) is 17.4 Å². The largest absolute Gasteiger partial charge is 0.325 e. The monoisotopic (exact) mass is 381 g/mol. The lowest BCUT2D eigenvalue weighted by Gasteiger charge is -2.13. The Morgan fingerprint density at radius 1 is 1.48 bits per heavy atom. The number of rotatable bonds is 7. The summed E-state index contributed by atoms with van der Waals surface area (Å²) in [6, 6.07) is 5.78. The molecule has 0 saturated heterocycles. The summed E-state index contributed by atoms with van der Waals surface area (Å²) in [5, 5.41) is 16.0. The van der Waals surface area contributed by atoms with E-state index in [1.54, 1.807) is 19.1 Å². The van der Waals surface area contributed by atoms with Gasteiger partial charge in [-0.2, -0.15) is 0 Å². The Hall–Kier alpha value is -2.17. The summed E-state index contributed by atoms with van der Waals surface area (Å²) >= 11 is 1.25. The molecule has 134 valence electrons. The Morgan fingerprint density at radius 3 is 2.84 bits per heavy atom. The van der Waals surface area contributed by atoms with Crippen LogP contribution in [0.4, 0.5) is 5.69 Å². The average molecular weight is 381 g/mol. The number of aromatic nitrogens is 3. The molecule has 3 N–H and O–H groups in total. The maximum absolute atomic E-state index is 12.4. The zero-order valence-electron chi connectivity index (χ0n) is 13.8. The number of amides is 1. The second-order valence-electron chi connectivity index (χ2n) is 5.25. The molecule has 0 bridgehead atoms. The number of hydrogen-bond acceptors (Lipinski definition) is 6. The number of carbonyl (C=O) groups is 1. The van der Waals surface area contributed by atoms with Gasteiger partial charge in [0.1, 0.15) is 5.82 Å². The number of anilines is 1. The van der Waals surface area contributed by atoms with Gasteiger partial charge in [-0.1, -0.05) is 23.9 Å². The zero-order chi connectivity index (χ0) is 18.6. The average Bonchev–Trinajstić information content (AvgIpc) is 2.88. The highest BCUT2D eigenvalue weighted by Gasteiger charge is 2.19. The summed E-state index contributed by atoms with van der Waals surface area (Å²) < 4.78 is 24.6. The molecular formula is C15H19N5O3S2. The lowest BCUT2D eigenvalue weighted by molar-refractivity contribution is -0.115. The van der Waals surface area contributed by atoms with Crippen molar-refractivity contribution in [1.29, 1.82) is 0 Å². The summed E-state index contributed by atoms with van der Waals surface area (Å²) in [7, 11) is -3.83. The van der Waals surface area contributed by atoms with Crippen LogP contribution in [0.2, 0.25) is 0 Å². The maximum atomic E-state index is 12.4. The van der Waals surface area contributed by atoms with Crippen LogP contribution in [0.25, 0.3) is 0 Å². The molecule has 1 amide bonds. The molecule has 0 aliphatic carbocycles. The summed E-state index contributed by atoms with van der Waals surface area (Å²) in [4.78, 5) is 12.3. The molecule has 0 fully saturated rings. The Balaban J connectivity index is 2.10. The first-order valence-corrected chi connectivity index (χ1v) is 9.76. The van der Waals surface area contributed by atoms with Gasteiger partial charge in [-0.3, -0.25) is 4.79 Å². The first-order valence-electron chi connectivity index (χ1n) is 7.33. The van der Waals surface area contributed by atoms with E-state index in [2.05, 4.69) is 22.1 Å². The second-order valence-corrected chi connectivity index (χ2v) is 8.12. The molecule has 2 aromatic rings. The van der Waals surface area contributed by atoms with E-state index in [0.717, 1.165) is 5.82 Å². The van der Waals surface area contributed by atoms with Crippen molar-refractivity contribution in [3.8, 4) is 0 Å². The van der Waals surface area contributed by atoms with Crippen molar-refractivity contribution in [2.45, 2.75) is 35.7 Å². The van der Waals surface area contributed by atoms with E-state index >= 15 is 0 Å². The number of nitrogens with one attached hydrogen (secondary N) is 1. The van der Waals surface area contributed by atoms with Crippen LogP contribution < -0.4 is 10.5 Å². The van der Waals surface area contributed by atoms with Gasteiger partial charge in [0.2, 0.25) is 15.9 Å². The molecule has 0 radical (unpaired) electrons. The Morgan fingerprint density at radius 2 is 2.20 bits per heavy atom.